The number of rotatable bonds is 5. The highest BCUT2D eigenvalue weighted by Crippen LogP contribution is 2.22. The van der Waals surface area contributed by atoms with Gasteiger partial charge in [0, 0.05) is 70.8 Å². The first-order chi connectivity index (χ1) is 12.8. The van der Waals surface area contributed by atoms with Gasteiger partial charge in [-0.25, -0.2) is 4.98 Å². The summed E-state index contributed by atoms with van der Waals surface area (Å²) in [7, 11) is 2.07. The molecule has 6 heteroatoms. The Hall–Kier alpha value is -1.66. The second kappa shape index (κ2) is 9.51. The van der Waals surface area contributed by atoms with E-state index in [1.54, 1.807) is 0 Å². The molecule has 0 saturated carbocycles. The van der Waals surface area contributed by atoms with Crippen molar-refractivity contribution in [2.75, 3.05) is 51.2 Å². The van der Waals surface area contributed by atoms with Crippen molar-refractivity contribution >= 4 is 23.9 Å². The monoisotopic (exact) mass is 387 g/mol. The van der Waals surface area contributed by atoms with Crippen LogP contribution in [-0.2, 0) is 6.54 Å². The molecule has 0 amide bonds. The van der Waals surface area contributed by atoms with Gasteiger partial charge in [0.15, 0.2) is 0 Å². The van der Waals surface area contributed by atoms with Crippen LogP contribution >= 0.6 is 12.4 Å². The molecule has 1 atom stereocenters. The second-order valence-corrected chi connectivity index (χ2v) is 7.38. The second-order valence-electron chi connectivity index (χ2n) is 7.38. The Labute approximate surface area is 168 Å². The van der Waals surface area contributed by atoms with Crippen molar-refractivity contribution in [1.29, 1.82) is 0 Å². The third-order valence-electron chi connectivity index (χ3n) is 5.62. The minimum absolute atomic E-state index is 0. The summed E-state index contributed by atoms with van der Waals surface area (Å²) in [6, 6.07) is 15.5. The van der Waals surface area contributed by atoms with Crippen molar-refractivity contribution in [3.63, 3.8) is 0 Å². The number of hydrogen-bond acceptors (Lipinski definition) is 5. The Morgan fingerprint density at radius 1 is 1.07 bits per heavy atom. The molecule has 4 rings (SSSR count). The fourth-order valence-electron chi connectivity index (χ4n) is 4.05. The Balaban J connectivity index is 0.00000210. The number of nitrogens with zero attached hydrogens (tertiary/aromatic N) is 4. The van der Waals surface area contributed by atoms with Crippen LogP contribution < -0.4 is 10.2 Å². The van der Waals surface area contributed by atoms with Gasteiger partial charge in [0.05, 0.1) is 0 Å². The average molecular weight is 388 g/mol. The maximum absolute atomic E-state index is 4.69. The van der Waals surface area contributed by atoms with Crippen LogP contribution in [0.15, 0.2) is 48.7 Å². The lowest BCUT2D eigenvalue weighted by atomic mass is 10.2. The van der Waals surface area contributed by atoms with Crippen LogP contribution in [-0.4, -0.2) is 67.1 Å². The molecule has 0 bridgehead atoms. The molecule has 2 aliphatic rings. The Kier molecular flexibility index (Phi) is 7.07. The molecule has 1 unspecified atom stereocenters. The van der Waals surface area contributed by atoms with Crippen LogP contribution in [0.1, 0.15) is 12.0 Å². The molecule has 1 aromatic heterocycles. The van der Waals surface area contributed by atoms with Crippen molar-refractivity contribution < 1.29 is 0 Å². The van der Waals surface area contributed by atoms with Gasteiger partial charge in [0.1, 0.15) is 5.82 Å². The van der Waals surface area contributed by atoms with Crippen LogP contribution in [0, 0.1) is 0 Å². The summed E-state index contributed by atoms with van der Waals surface area (Å²) < 4.78 is 0. The lowest BCUT2D eigenvalue weighted by Gasteiger charge is -2.32. The predicted molar refractivity (Wildman–Crippen MR) is 114 cm³/mol. The van der Waals surface area contributed by atoms with E-state index in [0.717, 1.165) is 37.2 Å². The van der Waals surface area contributed by atoms with Crippen LogP contribution in [0.3, 0.4) is 0 Å². The molecular formula is C21H30ClN5. The van der Waals surface area contributed by atoms with E-state index in [4.69, 9.17) is 0 Å². The van der Waals surface area contributed by atoms with E-state index in [1.807, 2.05) is 12.3 Å². The molecule has 3 heterocycles. The van der Waals surface area contributed by atoms with E-state index >= 15 is 0 Å². The van der Waals surface area contributed by atoms with Gasteiger partial charge in [-0.1, -0.05) is 24.3 Å². The van der Waals surface area contributed by atoms with E-state index in [1.165, 1.54) is 38.2 Å². The Morgan fingerprint density at radius 2 is 1.85 bits per heavy atom. The van der Waals surface area contributed by atoms with Crippen molar-refractivity contribution in [3.8, 4) is 0 Å². The summed E-state index contributed by atoms with van der Waals surface area (Å²) >= 11 is 0. The van der Waals surface area contributed by atoms with Crippen LogP contribution in [0.5, 0.6) is 0 Å². The number of hydrogen-bond donors (Lipinski definition) is 1. The maximum atomic E-state index is 4.69. The average Bonchev–Trinajstić information content (AvgIpc) is 3.18. The molecule has 2 fully saturated rings. The van der Waals surface area contributed by atoms with Crippen molar-refractivity contribution in [2.45, 2.75) is 19.0 Å². The fourth-order valence-corrected chi connectivity index (χ4v) is 4.05. The van der Waals surface area contributed by atoms with Gasteiger partial charge < -0.3 is 10.2 Å². The fraction of sp³-hybridized carbons (Fsp3) is 0.476. The minimum Gasteiger partial charge on any atom is -0.329 e. The van der Waals surface area contributed by atoms with Gasteiger partial charge in [-0.3, -0.25) is 9.80 Å². The normalized spacial score (nSPS) is 21.0. The summed E-state index contributed by atoms with van der Waals surface area (Å²) in [5.41, 5.74) is 2.46. The molecule has 0 aliphatic carbocycles. The molecular weight excluding hydrogens is 358 g/mol. The number of likely N-dealkylation sites (tertiary alicyclic amines) is 1. The number of anilines is 2. The van der Waals surface area contributed by atoms with Crippen LogP contribution in [0.25, 0.3) is 0 Å². The maximum Gasteiger partial charge on any atom is 0.132 e. The first kappa shape index (κ1) is 20.1. The van der Waals surface area contributed by atoms with Gasteiger partial charge in [-0.05, 0) is 30.2 Å². The highest BCUT2D eigenvalue weighted by molar-refractivity contribution is 5.85. The zero-order chi connectivity index (χ0) is 17.8. The molecule has 5 nitrogen and oxygen atoms in total. The summed E-state index contributed by atoms with van der Waals surface area (Å²) in [6.07, 6.45) is 3.33. The third kappa shape index (κ3) is 4.99. The SMILES string of the molecule is CN(c1ccccc1)c1ccc(CN2CCC(N3CCNCC3)C2)cn1.Cl. The minimum atomic E-state index is 0. The molecule has 146 valence electrons. The molecule has 1 aromatic carbocycles. The first-order valence-electron chi connectivity index (χ1n) is 9.70. The summed E-state index contributed by atoms with van der Waals surface area (Å²) in [5.74, 6) is 0.986. The lowest BCUT2D eigenvalue weighted by Crippen LogP contribution is -2.49. The zero-order valence-corrected chi connectivity index (χ0v) is 16.9. The van der Waals surface area contributed by atoms with E-state index in [0.29, 0.717) is 0 Å². The summed E-state index contributed by atoms with van der Waals surface area (Å²) in [4.78, 5) is 12.0. The molecule has 27 heavy (non-hydrogen) atoms. The largest absolute Gasteiger partial charge is 0.329 e. The summed E-state index contributed by atoms with van der Waals surface area (Å²) in [5, 5.41) is 3.45. The van der Waals surface area contributed by atoms with Crippen molar-refractivity contribution in [3.05, 3.63) is 54.2 Å². The predicted octanol–water partition coefficient (Wildman–Crippen LogP) is 2.75. The van der Waals surface area contributed by atoms with Gasteiger partial charge in [-0.2, -0.15) is 0 Å². The Morgan fingerprint density at radius 3 is 2.56 bits per heavy atom. The lowest BCUT2D eigenvalue weighted by molar-refractivity contribution is 0.170. The molecule has 0 spiro atoms. The van der Waals surface area contributed by atoms with E-state index < -0.39 is 0 Å². The molecule has 0 radical (unpaired) electrons. The van der Waals surface area contributed by atoms with Crippen LogP contribution in [0.4, 0.5) is 11.5 Å². The number of halogens is 1. The number of piperazine rings is 1. The molecule has 1 N–H and O–H groups in total. The standard InChI is InChI=1S/C21H29N5.ClH/c1-24(19-5-3-2-4-6-19)21-8-7-18(15-23-21)16-25-12-9-20(17-25)26-13-10-22-11-14-26;/h2-8,15,20,22H,9-14,16-17H2,1H3;1H. The third-order valence-corrected chi connectivity index (χ3v) is 5.62. The molecule has 2 aliphatic heterocycles. The zero-order valence-electron chi connectivity index (χ0n) is 16.1. The molecule has 2 saturated heterocycles. The van der Waals surface area contributed by atoms with Gasteiger partial charge in [0.25, 0.3) is 0 Å². The van der Waals surface area contributed by atoms with E-state index in [2.05, 4.69) is 68.4 Å². The van der Waals surface area contributed by atoms with Gasteiger partial charge >= 0.3 is 0 Å². The number of nitrogens with one attached hydrogen (secondary N) is 1. The van der Waals surface area contributed by atoms with E-state index in [9.17, 15) is 0 Å². The number of benzene rings is 1. The first-order valence-corrected chi connectivity index (χ1v) is 9.70. The smallest absolute Gasteiger partial charge is 0.132 e. The number of pyridine rings is 1. The summed E-state index contributed by atoms with van der Waals surface area (Å²) in [6.45, 7) is 8.05. The van der Waals surface area contributed by atoms with E-state index in [-0.39, 0.29) is 12.4 Å². The highest BCUT2D eigenvalue weighted by atomic mass is 35.5. The number of para-hydroxylation sites is 1. The van der Waals surface area contributed by atoms with Gasteiger partial charge in [0.2, 0.25) is 0 Å². The van der Waals surface area contributed by atoms with Crippen molar-refractivity contribution in [2.24, 2.45) is 0 Å². The Bertz CT molecular complexity index is 687. The van der Waals surface area contributed by atoms with Gasteiger partial charge in [-0.15, -0.1) is 12.4 Å². The topological polar surface area (TPSA) is 34.6 Å². The van der Waals surface area contributed by atoms with Crippen molar-refractivity contribution in [1.82, 2.24) is 20.1 Å². The quantitative estimate of drug-likeness (QED) is 0.853. The van der Waals surface area contributed by atoms with Crippen LogP contribution in [0.2, 0.25) is 0 Å². The molecule has 2 aromatic rings. The highest BCUT2D eigenvalue weighted by Gasteiger charge is 2.28. The number of aromatic nitrogens is 1.